The Kier molecular flexibility index (Phi) is 9.69. The Morgan fingerprint density at radius 2 is 1.67 bits per heavy atom. The molecule has 2 atom stereocenters. The quantitative estimate of drug-likeness (QED) is 0.518. The number of hydrogen-bond acceptors (Lipinski definition) is 6. The third kappa shape index (κ3) is 7.00. The van der Waals surface area contributed by atoms with Gasteiger partial charge in [-0.3, -0.25) is 9.59 Å². The van der Waals surface area contributed by atoms with Crippen LogP contribution >= 0.6 is 0 Å². The first kappa shape index (κ1) is 27.8. The second-order valence-corrected chi connectivity index (χ2v) is 12.4. The van der Waals surface area contributed by atoms with E-state index in [4.69, 9.17) is 9.47 Å². The number of nitrogens with one attached hydrogen (secondary N) is 1. The van der Waals surface area contributed by atoms with Gasteiger partial charge in [0.2, 0.25) is 11.8 Å². The van der Waals surface area contributed by atoms with Crippen LogP contribution in [0.5, 0.6) is 0 Å². The van der Waals surface area contributed by atoms with Crippen LogP contribution in [0.25, 0.3) is 0 Å². The summed E-state index contributed by atoms with van der Waals surface area (Å²) in [5.41, 5.74) is 0. The summed E-state index contributed by atoms with van der Waals surface area (Å²) in [6.07, 6.45) is 6.55. The maximum Gasteiger partial charge on any atom is 0.245 e. The number of ether oxygens (including phenoxy) is 2. The maximum absolute atomic E-state index is 13.8. The van der Waals surface area contributed by atoms with Crippen molar-refractivity contribution in [2.24, 2.45) is 17.8 Å². The van der Waals surface area contributed by atoms with Crippen LogP contribution in [0.15, 0.2) is 0 Å². The lowest BCUT2D eigenvalue weighted by molar-refractivity contribution is -0.298. The van der Waals surface area contributed by atoms with Gasteiger partial charge in [-0.1, -0.05) is 27.7 Å². The minimum atomic E-state index is -0.543. The third-order valence-corrected chi connectivity index (χ3v) is 8.43. The second-order valence-electron chi connectivity index (χ2n) is 12.4. The zero-order valence-electron chi connectivity index (χ0n) is 23.2. The van der Waals surface area contributed by atoms with E-state index in [1.165, 1.54) is 25.9 Å². The van der Waals surface area contributed by atoms with E-state index < -0.39 is 5.79 Å². The predicted octanol–water partition coefficient (Wildman–Crippen LogP) is 2.72. The van der Waals surface area contributed by atoms with Crippen LogP contribution in [0.4, 0.5) is 0 Å². The van der Waals surface area contributed by atoms with Crippen LogP contribution in [0.3, 0.4) is 0 Å². The minimum absolute atomic E-state index is 0.0948. The van der Waals surface area contributed by atoms with Gasteiger partial charge in [0.05, 0.1) is 19.3 Å². The topological polar surface area (TPSA) is 74.3 Å². The van der Waals surface area contributed by atoms with Gasteiger partial charge in [-0.05, 0) is 57.0 Å². The highest BCUT2D eigenvalue weighted by Crippen LogP contribution is 2.33. The number of piperidine rings is 1. The Balaban J connectivity index is 1.31. The van der Waals surface area contributed by atoms with E-state index in [-0.39, 0.29) is 23.9 Å². The summed E-state index contributed by atoms with van der Waals surface area (Å²) in [6, 6.07) is -0.556. The number of carbonyl (C=O) groups is 2. The molecule has 0 aromatic heterocycles. The number of carbonyl (C=O) groups excluding carboxylic acids is 2. The molecule has 36 heavy (non-hydrogen) atoms. The molecule has 1 N–H and O–H groups in total. The first-order valence-electron chi connectivity index (χ1n) is 14.6. The molecule has 4 rings (SSSR count). The summed E-state index contributed by atoms with van der Waals surface area (Å²) in [5, 5.41) is 3.39. The Morgan fingerprint density at radius 3 is 2.28 bits per heavy atom. The normalized spacial score (nSPS) is 26.9. The molecule has 0 unspecified atom stereocenters. The molecule has 4 saturated heterocycles. The molecule has 4 aliphatic heterocycles. The van der Waals surface area contributed by atoms with Gasteiger partial charge < -0.3 is 29.5 Å². The van der Waals surface area contributed by atoms with Crippen molar-refractivity contribution < 1.29 is 19.1 Å². The molecule has 0 aromatic rings. The summed E-state index contributed by atoms with van der Waals surface area (Å²) in [4.78, 5) is 33.5. The number of hydrogen-bond donors (Lipinski definition) is 1. The lowest BCUT2D eigenvalue weighted by atomic mass is 9.95. The third-order valence-electron chi connectivity index (χ3n) is 8.43. The Hall–Kier alpha value is -1.22. The van der Waals surface area contributed by atoms with E-state index in [1.807, 2.05) is 9.80 Å². The van der Waals surface area contributed by atoms with Crippen LogP contribution in [0.1, 0.15) is 72.6 Å². The van der Waals surface area contributed by atoms with Crippen molar-refractivity contribution in [3.8, 4) is 0 Å². The number of nitrogens with zero attached hydrogens (tertiary/aromatic N) is 3. The first-order valence-corrected chi connectivity index (χ1v) is 14.6. The monoisotopic (exact) mass is 506 g/mol. The molecule has 4 heterocycles. The molecule has 1 spiro atoms. The summed E-state index contributed by atoms with van der Waals surface area (Å²) in [6.45, 7) is 16.2. The molecule has 0 saturated carbocycles. The lowest BCUT2D eigenvalue weighted by Crippen LogP contribution is -2.62. The van der Waals surface area contributed by atoms with Gasteiger partial charge in [0.25, 0.3) is 0 Å². The smallest absolute Gasteiger partial charge is 0.245 e. The Labute approximate surface area is 218 Å². The molecule has 8 nitrogen and oxygen atoms in total. The first-order chi connectivity index (χ1) is 17.3. The summed E-state index contributed by atoms with van der Waals surface area (Å²) in [5.74, 6) is 0.981. The van der Waals surface area contributed by atoms with Crippen molar-refractivity contribution in [3.63, 3.8) is 0 Å². The second kappa shape index (κ2) is 12.5. The SMILES string of the molecule is CC(C)CC[C@@H]1NCCN([C@@H](CC(C)C)C(=O)N2CCC3(CC2)OCC(CN2CCCC2)CO3)C1=O. The highest BCUT2D eigenvalue weighted by atomic mass is 16.7. The van der Waals surface area contributed by atoms with Crippen LogP contribution < -0.4 is 5.32 Å². The van der Waals surface area contributed by atoms with Gasteiger partial charge in [0.15, 0.2) is 5.79 Å². The molecule has 4 aliphatic rings. The fourth-order valence-corrected chi connectivity index (χ4v) is 6.23. The number of likely N-dealkylation sites (tertiary alicyclic amines) is 2. The van der Waals surface area contributed by atoms with Crippen molar-refractivity contribution in [2.75, 3.05) is 59.0 Å². The van der Waals surface area contributed by atoms with E-state index in [0.29, 0.717) is 56.7 Å². The lowest BCUT2D eigenvalue weighted by Gasteiger charge is -2.47. The van der Waals surface area contributed by atoms with Gasteiger partial charge in [-0.15, -0.1) is 0 Å². The molecule has 0 bridgehead atoms. The number of amides is 2. The van der Waals surface area contributed by atoms with E-state index >= 15 is 0 Å². The van der Waals surface area contributed by atoms with Crippen LogP contribution in [-0.2, 0) is 19.1 Å². The van der Waals surface area contributed by atoms with Crippen molar-refractivity contribution in [1.82, 2.24) is 20.0 Å². The Morgan fingerprint density at radius 1 is 1.00 bits per heavy atom. The van der Waals surface area contributed by atoms with E-state index in [2.05, 4.69) is 37.9 Å². The maximum atomic E-state index is 13.8. The molecular weight excluding hydrogens is 456 g/mol. The highest BCUT2D eigenvalue weighted by Gasteiger charge is 2.44. The number of piperazine rings is 1. The van der Waals surface area contributed by atoms with Crippen LogP contribution in [0.2, 0.25) is 0 Å². The molecule has 0 radical (unpaired) electrons. The molecule has 0 aliphatic carbocycles. The van der Waals surface area contributed by atoms with Crippen LogP contribution in [0, 0.1) is 17.8 Å². The molecule has 2 amide bonds. The zero-order chi connectivity index (χ0) is 25.7. The number of rotatable bonds is 9. The Bertz CT molecular complexity index is 721. The average Bonchev–Trinajstić information content (AvgIpc) is 3.37. The van der Waals surface area contributed by atoms with Crippen molar-refractivity contribution in [3.05, 3.63) is 0 Å². The van der Waals surface area contributed by atoms with Gasteiger partial charge in [-0.2, -0.15) is 0 Å². The standard InChI is InChI=1S/C28H50N4O4/c1-21(2)7-8-24-26(33)32(16-11-29-24)25(17-22(3)4)27(34)31-14-9-28(10-15-31)35-19-23(20-36-28)18-30-12-5-6-13-30/h21-25,29H,5-20H2,1-4H3/t24-,25-/m0/s1. The van der Waals surface area contributed by atoms with Crippen molar-refractivity contribution in [2.45, 2.75) is 90.5 Å². The van der Waals surface area contributed by atoms with Gasteiger partial charge >= 0.3 is 0 Å². The van der Waals surface area contributed by atoms with E-state index in [1.54, 1.807) is 0 Å². The summed E-state index contributed by atoms with van der Waals surface area (Å²) in [7, 11) is 0. The highest BCUT2D eigenvalue weighted by molar-refractivity contribution is 5.90. The van der Waals surface area contributed by atoms with Gasteiger partial charge in [-0.25, -0.2) is 0 Å². The fraction of sp³-hybridized carbons (Fsp3) is 0.929. The molecular formula is C28H50N4O4. The van der Waals surface area contributed by atoms with Gasteiger partial charge in [0.1, 0.15) is 6.04 Å². The largest absolute Gasteiger partial charge is 0.349 e. The van der Waals surface area contributed by atoms with E-state index in [0.717, 1.165) is 39.1 Å². The molecule has 206 valence electrons. The predicted molar refractivity (Wildman–Crippen MR) is 140 cm³/mol. The molecule has 0 aromatic carbocycles. The van der Waals surface area contributed by atoms with Crippen molar-refractivity contribution >= 4 is 11.8 Å². The van der Waals surface area contributed by atoms with Crippen LogP contribution in [-0.4, -0.2) is 103 Å². The average molecular weight is 507 g/mol. The van der Waals surface area contributed by atoms with E-state index in [9.17, 15) is 9.59 Å². The minimum Gasteiger partial charge on any atom is -0.349 e. The summed E-state index contributed by atoms with van der Waals surface area (Å²) >= 11 is 0. The summed E-state index contributed by atoms with van der Waals surface area (Å²) < 4.78 is 12.6. The molecule has 8 heteroatoms. The zero-order valence-corrected chi connectivity index (χ0v) is 23.2. The van der Waals surface area contributed by atoms with Crippen molar-refractivity contribution in [1.29, 1.82) is 0 Å². The molecule has 4 fully saturated rings. The fourth-order valence-electron chi connectivity index (χ4n) is 6.23. The van der Waals surface area contributed by atoms with Gasteiger partial charge in [0, 0.05) is 51.5 Å².